The van der Waals surface area contributed by atoms with Crippen molar-refractivity contribution in [1.29, 1.82) is 0 Å². The quantitative estimate of drug-likeness (QED) is 0.781. The first-order chi connectivity index (χ1) is 8.56. The largest absolute Gasteiger partial charge is 0.479 e. The van der Waals surface area contributed by atoms with Gasteiger partial charge in [-0.3, -0.25) is 0 Å². The van der Waals surface area contributed by atoms with Crippen molar-refractivity contribution in [2.45, 2.75) is 0 Å². The summed E-state index contributed by atoms with van der Waals surface area (Å²) in [6, 6.07) is 4.91. The molecule has 1 aromatic carbocycles. The predicted octanol–water partition coefficient (Wildman–Crippen LogP) is 0.785. The van der Waals surface area contributed by atoms with Crippen LogP contribution in [0.15, 0.2) is 24.3 Å². The number of aromatic nitrogens is 3. The first kappa shape index (κ1) is 11.8. The van der Waals surface area contributed by atoms with Gasteiger partial charge in [0.15, 0.2) is 6.61 Å². The Hall–Kier alpha value is -2.64. The van der Waals surface area contributed by atoms with E-state index in [0.717, 1.165) is 0 Å². The van der Waals surface area contributed by atoms with Crippen LogP contribution in [0.5, 0.6) is 6.01 Å². The Morgan fingerprint density at radius 3 is 2.67 bits per heavy atom. The Kier molecular flexibility index (Phi) is 3.09. The molecular formula is C10H8FN3O4. The second kappa shape index (κ2) is 4.70. The van der Waals surface area contributed by atoms with Crippen LogP contribution in [0.1, 0.15) is 0 Å². The molecule has 0 unspecified atom stereocenters. The van der Waals surface area contributed by atoms with Crippen LogP contribution in [0.4, 0.5) is 4.39 Å². The molecule has 7 nitrogen and oxygen atoms in total. The molecule has 0 aliphatic heterocycles. The van der Waals surface area contributed by atoms with E-state index in [1.54, 1.807) is 0 Å². The Bertz CT molecular complexity index is 567. The Morgan fingerprint density at radius 1 is 1.39 bits per heavy atom. The van der Waals surface area contributed by atoms with Gasteiger partial charge < -0.3 is 15.1 Å². The first-order valence-electron chi connectivity index (χ1n) is 4.83. The molecule has 8 heteroatoms. The highest BCUT2D eigenvalue weighted by atomic mass is 19.1. The summed E-state index contributed by atoms with van der Waals surface area (Å²) in [5.74, 6) is -1.59. The maximum atomic E-state index is 12.7. The zero-order chi connectivity index (χ0) is 13.1. The summed E-state index contributed by atoms with van der Waals surface area (Å²) in [6.45, 7) is -0.618. The molecule has 0 aliphatic carbocycles. The van der Waals surface area contributed by atoms with E-state index in [9.17, 15) is 14.4 Å². The smallest absolute Gasteiger partial charge is 0.341 e. The summed E-state index contributed by atoms with van der Waals surface area (Å²) >= 11 is 0. The minimum Gasteiger partial charge on any atom is -0.479 e. The minimum absolute atomic E-state index is 0.0235. The Balaban J connectivity index is 2.23. The number of carbonyl (C=O) groups is 1. The van der Waals surface area contributed by atoms with Crippen LogP contribution >= 0.6 is 0 Å². The summed E-state index contributed by atoms with van der Waals surface area (Å²) in [6.07, 6.45) is 0. The number of halogens is 1. The van der Waals surface area contributed by atoms with Crippen molar-refractivity contribution in [1.82, 2.24) is 14.9 Å². The van der Waals surface area contributed by atoms with E-state index in [1.807, 2.05) is 0 Å². The van der Waals surface area contributed by atoms with Crippen molar-refractivity contribution < 1.29 is 24.2 Å². The molecule has 0 spiro atoms. The third kappa shape index (κ3) is 2.54. The first-order valence-corrected chi connectivity index (χ1v) is 4.83. The van der Waals surface area contributed by atoms with Crippen molar-refractivity contribution in [2.75, 3.05) is 6.61 Å². The van der Waals surface area contributed by atoms with Crippen molar-refractivity contribution in [3.05, 3.63) is 30.1 Å². The lowest BCUT2D eigenvalue weighted by Gasteiger charge is -1.97. The number of rotatable bonds is 4. The number of aliphatic carboxylic acids is 1. The van der Waals surface area contributed by atoms with E-state index in [2.05, 4.69) is 10.1 Å². The predicted molar refractivity (Wildman–Crippen MR) is 55.7 cm³/mol. The van der Waals surface area contributed by atoms with Gasteiger partial charge in [-0.15, -0.1) is 0 Å². The molecule has 94 valence electrons. The highest BCUT2D eigenvalue weighted by molar-refractivity contribution is 5.68. The second-order valence-corrected chi connectivity index (χ2v) is 3.30. The molecule has 0 saturated heterocycles. The fourth-order valence-electron chi connectivity index (χ4n) is 1.25. The zero-order valence-electron chi connectivity index (χ0n) is 8.95. The van der Waals surface area contributed by atoms with Gasteiger partial charge in [0.2, 0.25) is 5.82 Å². The molecule has 2 N–H and O–H groups in total. The van der Waals surface area contributed by atoms with Crippen LogP contribution < -0.4 is 4.74 Å². The third-order valence-electron chi connectivity index (χ3n) is 2.00. The Morgan fingerprint density at radius 2 is 2.06 bits per heavy atom. The molecule has 2 aromatic rings. The van der Waals surface area contributed by atoms with Gasteiger partial charge in [0.05, 0.1) is 0 Å². The SMILES string of the molecule is O=C(O)COc1nc(-c2ccc(F)cc2)n(O)n1. The normalized spacial score (nSPS) is 10.3. The maximum absolute atomic E-state index is 12.7. The van der Waals surface area contributed by atoms with E-state index in [-0.39, 0.29) is 11.8 Å². The maximum Gasteiger partial charge on any atom is 0.341 e. The number of nitrogens with zero attached hydrogens (tertiary/aromatic N) is 3. The number of carboxylic acids is 1. The molecule has 1 aromatic heterocycles. The average molecular weight is 253 g/mol. The lowest BCUT2D eigenvalue weighted by atomic mass is 10.2. The lowest BCUT2D eigenvalue weighted by molar-refractivity contribution is -0.139. The van der Waals surface area contributed by atoms with E-state index in [1.165, 1.54) is 24.3 Å². The molecule has 0 radical (unpaired) electrons. The highest BCUT2D eigenvalue weighted by Gasteiger charge is 2.13. The van der Waals surface area contributed by atoms with Crippen LogP contribution in [0.25, 0.3) is 11.4 Å². The van der Waals surface area contributed by atoms with Crippen molar-refractivity contribution in [3.63, 3.8) is 0 Å². The number of hydrogen-bond donors (Lipinski definition) is 2. The number of ether oxygens (including phenoxy) is 1. The second-order valence-electron chi connectivity index (χ2n) is 3.30. The summed E-state index contributed by atoms with van der Waals surface area (Å²) < 4.78 is 17.4. The van der Waals surface area contributed by atoms with Gasteiger partial charge in [0, 0.05) is 5.56 Å². The van der Waals surface area contributed by atoms with Crippen LogP contribution in [0.2, 0.25) is 0 Å². The standard InChI is InChI=1S/C10H8FN3O4/c11-7-3-1-6(2-4-7)9-12-10(13-14(9)17)18-5-8(15)16/h1-4,17H,5H2,(H,15,16). The minimum atomic E-state index is -1.19. The van der Waals surface area contributed by atoms with Crippen molar-refractivity contribution in [3.8, 4) is 17.4 Å². The topological polar surface area (TPSA) is 97.5 Å². The summed E-state index contributed by atoms with van der Waals surface area (Å²) in [7, 11) is 0. The van der Waals surface area contributed by atoms with Gasteiger partial charge in [-0.1, -0.05) is 9.94 Å². The van der Waals surface area contributed by atoms with Crippen LogP contribution in [-0.4, -0.2) is 37.8 Å². The molecule has 0 atom stereocenters. The average Bonchev–Trinajstić information content (AvgIpc) is 2.69. The fourth-order valence-corrected chi connectivity index (χ4v) is 1.25. The van der Waals surface area contributed by atoms with Gasteiger partial charge in [-0.2, -0.15) is 4.98 Å². The molecule has 2 rings (SSSR count). The molecule has 1 heterocycles. The molecule has 0 aliphatic rings. The third-order valence-corrected chi connectivity index (χ3v) is 2.00. The van der Waals surface area contributed by atoms with Crippen LogP contribution in [0.3, 0.4) is 0 Å². The highest BCUT2D eigenvalue weighted by Crippen LogP contribution is 2.18. The molecule has 0 amide bonds. The summed E-state index contributed by atoms with van der Waals surface area (Å²) in [4.78, 5) is 14.5. The van der Waals surface area contributed by atoms with E-state index < -0.39 is 18.4 Å². The molecular weight excluding hydrogens is 245 g/mol. The van der Waals surface area contributed by atoms with Crippen LogP contribution in [-0.2, 0) is 4.79 Å². The van der Waals surface area contributed by atoms with E-state index in [4.69, 9.17) is 9.84 Å². The lowest BCUT2D eigenvalue weighted by Crippen LogP contribution is -2.10. The van der Waals surface area contributed by atoms with Crippen molar-refractivity contribution >= 4 is 5.97 Å². The molecule has 18 heavy (non-hydrogen) atoms. The van der Waals surface area contributed by atoms with Gasteiger partial charge in [-0.05, 0) is 24.3 Å². The number of carboxylic acid groups (broad SMARTS) is 1. The van der Waals surface area contributed by atoms with Gasteiger partial charge in [0.1, 0.15) is 5.82 Å². The van der Waals surface area contributed by atoms with Gasteiger partial charge >= 0.3 is 12.0 Å². The Labute approximate surface area is 100 Å². The fraction of sp³-hybridized carbons (Fsp3) is 0.100. The molecule has 0 bridgehead atoms. The van der Waals surface area contributed by atoms with E-state index in [0.29, 0.717) is 10.4 Å². The molecule has 0 fully saturated rings. The summed E-state index contributed by atoms with van der Waals surface area (Å²) in [5.41, 5.74) is 0.413. The van der Waals surface area contributed by atoms with Gasteiger partial charge in [0.25, 0.3) is 0 Å². The summed E-state index contributed by atoms with van der Waals surface area (Å²) in [5, 5.41) is 21.3. The van der Waals surface area contributed by atoms with Crippen LogP contribution in [0, 0.1) is 5.82 Å². The molecule has 0 saturated carbocycles. The monoisotopic (exact) mass is 253 g/mol. The zero-order valence-corrected chi connectivity index (χ0v) is 8.95. The van der Waals surface area contributed by atoms with Crippen molar-refractivity contribution in [2.24, 2.45) is 0 Å². The number of hydrogen-bond acceptors (Lipinski definition) is 5. The number of benzene rings is 1. The van der Waals surface area contributed by atoms with E-state index >= 15 is 0 Å². The van der Waals surface area contributed by atoms with Gasteiger partial charge in [-0.25, -0.2) is 9.18 Å².